The van der Waals surface area contributed by atoms with Crippen LogP contribution >= 0.6 is 15.9 Å². The van der Waals surface area contributed by atoms with E-state index in [4.69, 9.17) is 4.74 Å². The monoisotopic (exact) mass is 360 g/mol. The van der Waals surface area contributed by atoms with Crippen molar-refractivity contribution in [2.75, 3.05) is 7.11 Å². The van der Waals surface area contributed by atoms with Gasteiger partial charge in [0.1, 0.15) is 5.75 Å². The number of carbonyl (C=O) groups excluding carboxylic acids is 2. The zero-order chi connectivity index (χ0) is 15.9. The van der Waals surface area contributed by atoms with E-state index in [1.807, 2.05) is 6.07 Å². The van der Waals surface area contributed by atoms with Gasteiger partial charge in [-0.25, -0.2) is 9.59 Å². The molecule has 22 heavy (non-hydrogen) atoms. The highest BCUT2D eigenvalue weighted by Crippen LogP contribution is 2.23. The summed E-state index contributed by atoms with van der Waals surface area (Å²) in [5.74, 6) is -0.425. The smallest absolute Gasteiger partial charge is 0.337 e. The molecule has 0 heterocycles. The Kier molecular flexibility index (Phi) is 5.49. The van der Waals surface area contributed by atoms with Crippen molar-refractivity contribution in [3.8, 4) is 5.75 Å². The topological polar surface area (TPSA) is 52.6 Å². The van der Waals surface area contributed by atoms with Crippen LogP contribution in [-0.2, 0) is 9.53 Å². The molecule has 0 spiro atoms. The number of hydrogen-bond acceptors (Lipinski definition) is 4. The van der Waals surface area contributed by atoms with Gasteiger partial charge >= 0.3 is 11.9 Å². The first kappa shape index (κ1) is 16.0. The molecule has 0 aromatic heterocycles. The third-order valence-electron chi connectivity index (χ3n) is 2.79. The van der Waals surface area contributed by atoms with Gasteiger partial charge in [-0.1, -0.05) is 24.3 Å². The van der Waals surface area contributed by atoms with Crippen molar-refractivity contribution in [1.82, 2.24) is 0 Å². The molecule has 0 aliphatic heterocycles. The van der Waals surface area contributed by atoms with Crippen LogP contribution in [0, 0.1) is 0 Å². The van der Waals surface area contributed by atoms with Gasteiger partial charge in [0.15, 0.2) is 0 Å². The average Bonchev–Trinajstić information content (AvgIpc) is 2.55. The van der Waals surface area contributed by atoms with Crippen molar-refractivity contribution in [3.05, 3.63) is 70.2 Å². The number of benzene rings is 2. The Balaban J connectivity index is 2.01. The number of rotatable bonds is 4. The summed E-state index contributed by atoms with van der Waals surface area (Å²) in [4.78, 5) is 23.1. The van der Waals surface area contributed by atoms with Gasteiger partial charge in [-0.15, -0.1) is 0 Å². The molecule has 2 aromatic rings. The first-order chi connectivity index (χ1) is 10.6. The van der Waals surface area contributed by atoms with E-state index in [9.17, 15) is 9.59 Å². The lowest BCUT2D eigenvalue weighted by atomic mass is 10.1. The maximum atomic E-state index is 11.8. The van der Waals surface area contributed by atoms with Crippen molar-refractivity contribution in [2.24, 2.45) is 0 Å². The second-order valence-corrected chi connectivity index (χ2v) is 5.15. The third kappa shape index (κ3) is 4.30. The van der Waals surface area contributed by atoms with E-state index >= 15 is 0 Å². The van der Waals surface area contributed by atoms with Crippen LogP contribution in [0.4, 0.5) is 0 Å². The highest BCUT2D eigenvalue weighted by atomic mass is 79.9. The number of methoxy groups -OCH3 is 1. The number of para-hydroxylation sites is 1. The second-order valence-electron chi connectivity index (χ2n) is 4.30. The fourth-order valence-corrected chi connectivity index (χ4v) is 2.05. The van der Waals surface area contributed by atoms with E-state index in [-0.39, 0.29) is 0 Å². The van der Waals surface area contributed by atoms with Crippen LogP contribution in [0.1, 0.15) is 15.9 Å². The average molecular weight is 361 g/mol. The summed E-state index contributed by atoms with van der Waals surface area (Å²) in [5.41, 5.74) is 1.23. The summed E-state index contributed by atoms with van der Waals surface area (Å²) in [7, 11) is 1.33. The van der Waals surface area contributed by atoms with Crippen LogP contribution in [-0.4, -0.2) is 19.0 Å². The molecule has 0 saturated carbocycles. The summed E-state index contributed by atoms with van der Waals surface area (Å²) in [6, 6.07) is 13.8. The van der Waals surface area contributed by atoms with Gasteiger partial charge in [0, 0.05) is 6.08 Å². The zero-order valence-electron chi connectivity index (χ0n) is 11.8. The molecule has 0 fully saturated rings. The first-order valence-corrected chi connectivity index (χ1v) is 7.22. The standard InChI is InChI=1S/C17H13BrO4/c1-21-17(20)13-9-6-12(7-10-13)8-11-16(19)22-15-5-3-2-4-14(15)18/h2-11H,1H3/b11-8+. The SMILES string of the molecule is COC(=O)c1ccc(/C=C/C(=O)Oc2ccccc2Br)cc1. The molecule has 0 aliphatic rings. The number of halogens is 1. The van der Waals surface area contributed by atoms with Crippen molar-refractivity contribution in [3.63, 3.8) is 0 Å². The summed E-state index contributed by atoms with van der Waals surface area (Å²) >= 11 is 3.30. The molecule has 5 heteroatoms. The molecule has 0 atom stereocenters. The molecule has 4 nitrogen and oxygen atoms in total. The van der Waals surface area contributed by atoms with Crippen molar-refractivity contribution < 1.29 is 19.1 Å². The third-order valence-corrected chi connectivity index (χ3v) is 3.45. The fourth-order valence-electron chi connectivity index (χ4n) is 1.68. The fraction of sp³-hybridized carbons (Fsp3) is 0.0588. The lowest BCUT2D eigenvalue weighted by Gasteiger charge is -2.03. The highest BCUT2D eigenvalue weighted by molar-refractivity contribution is 9.10. The molecule has 0 unspecified atom stereocenters. The van der Waals surface area contributed by atoms with Crippen LogP contribution in [0.15, 0.2) is 59.1 Å². The molecular weight excluding hydrogens is 348 g/mol. The maximum Gasteiger partial charge on any atom is 0.337 e. The Bertz CT molecular complexity index is 705. The van der Waals surface area contributed by atoms with Gasteiger partial charge in [-0.3, -0.25) is 0 Å². The van der Waals surface area contributed by atoms with Crippen LogP contribution in [0.5, 0.6) is 5.75 Å². The van der Waals surface area contributed by atoms with E-state index in [0.717, 1.165) is 5.56 Å². The first-order valence-electron chi connectivity index (χ1n) is 6.43. The number of carbonyl (C=O) groups is 2. The van der Waals surface area contributed by atoms with Crippen molar-refractivity contribution >= 4 is 33.9 Å². The Hall–Kier alpha value is -2.40. The van der Waals surface area contributed by atoms with Crippen LogP contribution in [0.2, 0.25) is 0 Å². The molecule has 0 N–H and O–H groups in total. The lowest BCUT2D eigenvalue weighted by Crippen LogP contribution is -2.04. The zero-order valence-corrected chi connectivity index (χ0v) is 13.4. The Labute approximate surface area is 136 Å². The second kappa shape index (κ2) is 7.56. The summed E-state index contributed by atoms with van der Waals surface area (Å²) in [6.07, 6.45) is 2.94. The molecule has 0 bridgehead atoms. The van der Waals surface area contributed by atoms with Gasteiger partial charge in [0.25, 0.3) is 0 Å². The molecule has 2 rings (SSSR count). The number of ether oxygens (including phenoxy) is 2. The predicted molar refractivity (Wildman–Crippen MR) is 86.6 cm³/mol. The molecule has 112 valence electrons. The van der Waals surface area contributed by atoms with E-state index < -0.39 is 11.9 Å². The van der Waals surface area contributed by atoms with Crippen LogP contribution in [0.3, 0.4) is 0 Å². The van der Waals surface area contributed by atoms with Crippen LogP contribution < -0.4 is 4.74 Å². The summed E-state index contributed by atoms with van der Waals surface area (Å²) < 4.78 is 10.5. The van der Waals surface area contributed by atoms with E-state index in [1.54, 1.807) is 48.5 Å². The lowest BCUT2D eigenvalue weighted by molar-refractivity contribution is -0.128. The van der Waals surface area contributed by atoms with Crippen molar-refractivity contribution in [2.45, 2.75) is 0 Å². The Morgan fingerprint density at radius 2 is 1.73 bits per heavy atom. The highest BCUT2D eigenvalue weighted by Gasteiger charge is 2.05. The van der Waals surface area contributed by atoms with Crippen LogP contribution in [0.25, 0.3) is 6.08 Å². The molecule has 0 saturated heterocycles. The minimum absolute atomic E-state index is 0.399. The maximum absolute atomic E-state index is 11.8. The summed E-state index contributed by atoms with van der Waals surface area (Å²) in [5, 5.41) is 0. The van der Waals surface area contributed by atoms with Gasteiger partial charge in [0.2, 0.25) is 0 Å². The molecule has 2 aromatic carbocycles. The molecule has 0 amide bonds. The molecule has 0 aliphatic carbocycles. The minimum Gasteiger partial charge on any atom is -0.465 e. The van der Waals surface area contributed by atoms with E-state index in [0.29, 0.717) is 15.8 Å². The Morgan fingerprint density at radius 1 is 1.05 bits per heavy atom. The molecular formula is C17H13BrO4. The van der Waals surface area contributed by atoms with Gasteiger partial charge < -0.3 is 9.47 Å². The number of esters is 2. The summed E-state index contributed by atoms with van der Waals surface area (Å²) in [6.45, 7) is 0. The largest absolute Gasteiger partial charge is 0.465 e. The number of hydrogen-bond donors (Lipinski definition) is 0. The Morgan fingerprint density at radius 3 is 2.36 bits per heavy atom. The van der Waals surface area contributed by atoms with Crippen molar-refractivity contribution in [1.29, 1.82) is 0 Å². The predicted octanol–water partition coefficient (Wildman–Crippen LogP) is 3.85. The van der Waals surface area contributed by atoms with E-state index in [1.165, 1.54) is 13.2 Å². The normalized spacial score (nSPS) is 10.5. The van der Waals surface area contributed by atoms with Gasteiger partial charge in [0.05, 0.1) is 17.1 Å². The quantitative estimate of drug-likeness (QED) is 0.472. The minimum atomic E-state index is -0.482. The van der Waals surface area contributed by atoms with Gasteiger partial charge in [-0.05, 0) is 51.8 Å². The molecule has 0 radical (unpaired) electrons. The van der Waals surface area contributed by atoms with E-state index in [2.05, 4.69) is 20.7 Å². The van der Waals surface area contributed by atoms with Gasteiger partial charge in [-0.2, -0.15) is 0 Å².